The topological polar surface area (TPSA) is 118 Å². The molecule has 4 aromatic rings. The van der Waals surface area contributed by atoms with Crippen LogP contribution in [0.3, 0.4) is 0 Å². The van der Waals surface area contributed by atoms with Crippen LogP contribution in [0, 0.1) is 6.92 Å². The molecule has 45 heavy (non-hydrogen) atoms. The molecule has 0 spiro atoms. The molecule has 0 radical (unpaired) electrons. The number of methoxy groups -OCH3 is 1. The largest absolute Gasteiger partial charge is 0.494 e. The molecule has 2 aromatic carbocycles. The molecule has 0 unspecified atom stereocenters. The Morgan fingerprint density at radius 1 is 1.07 bits per heavy atom. The smallest absolute Gasteiger partial charge is 0.229 e. The summed E-state index contributed by atoms with van der Waals surface area (Å²) in [5.74, 6) is 1.65. The number of aryl methyl sites for hydroxylation is 1. The van der Waals surface area contributed by atoms with Crippen LogP contribution < -0.4 is 25.6 Å². The van der Waals surface area contributed by atoms with E-state index in [9.17, 15) is 4.57 Å². The van der Waals surface area contributed by atoms with Gasteiger partial charge in [0.1, 0.15) is 25.0 Å². The highest BCUT2D eigenvalue weighted by atomic mass is 79.9. The van der Waals surface area contributed by atoms with Gasteiger partial charge in [-0.1, -0.05) is 0 Å². The number of likely N-dealkylation sites (tertiary alicyclic amines) is 1. The molecule has 0 aliphatic carbocycles. The van der Waals surface area contributed by atoms with Crippen molar-refractivity contribution in [2.24, 2.45) is 0 Å². The zero-order valence-corrected chi connectivity index (χ0v) is 28.9. The van der Waals surface area contributed by atoms with Gasteiger partial charge in [-0.3, -0.25) is 4.90 Å². The van der Waals surface area contributed by atoms with Gasteiger partial charge in [0.05, 0.1) is 34.6 Å². The van der Waals surface area contributed by atoms with Gasteiger partial charge in [-0.2, -0.15) is 4.98 Å². The van der Waals surface area contributed by atoms with Crippen LogP contribution in [0.5, 0.6) is 5.75 Å². The Bertz CT molecular complexity index is 1740. The standard InChI is InChI=1S/C32H40BrN8O3P/c1-6-44-22-17-41(18-22)21-9-11-40(12-10-21)28-14-29(43-3)27(13-20(28)2)38-32-35-16-24(33)31(39-32)37-26-8-7-25-23(15-34-19-36-25)30(26)45(4,5)42/h7-8,13-16,19,21-22H,6,9-12,17-18H2,1-5H3,(H2,35,37,38,39). The van der Waals surface area contributed by atoms with Crippen LogP contribution in [0.4, 0.5) is 28.8 Å². The average molecular weight is 696 g/mol. The van der Waals surface area contributed by atoms with Crippen LogP contribution in [0.2, 0.25) is 0 Å². The van der Waals surface area contributed by atoms with Gasteiger partial charge in [0.25, 0.3) is 0 Å². The zero-order chi connectivity index (χ0) is 31.7. The number of halogens is 1. The van der Waals surface area contributed by atoms with Crippen molar-refractivity contribution in [3.8, 4) is 5.75 Å². The fourth-order valence-corrected chi connectivity index (χ4v) is 8.10. The summed E-state index contributed by atoms with van der Waals surface area (Å²) in [5, 5.41) is 8.15. The van der Waals surface area contributed by atoms with E-state index in [4.69, 9.17) is 14.5 Å². The van der Waals surface area contributed by atoms with E-state index >= 15 is 0 Å². The van der Waals surface area contributed by atoms with Gasteiger partial charge in [0.2, 0.25) is 5.95 Å². The third-order valence-electron chi connectivity index (χ3n) is 8.56. The number of nitrogens with one attached hydrogen (secondary N) is 2. The number of nitrogens with zero attached hydrogens (tertiary/aromatic N) is 6. The van der Waals surface area contributed by atoms with E-state index < -0.39 is 7.14 Å². The number of benzene rings is 2. The molecule has 13 heteroatoms. The first-order valence-electron chi connectivity index (χ1n) is 15.3. The van der Waals surface area contributed by atoms with Crippen molar-refractivity contribution in [2.75, 3.05) is 68.8 Å². The predicted molar refractivity (Wildman–Crippen MR) is 185 cm³/mol. The van der Waals surface area contributed by atoms with Gasteiger partial charge in [-0.15, -0.1) is 0 Å². The monoisotopic (exact) mass is 694 g/mol. The van der Waals surface area contributed by atoms with E-state index in [1.165, 1.54) is 12.0 Å². The average Bonchev–Trinajstić information content (AvgIpc) is 3.00. The van der Waals surface area contributed by atoms with Crippen molar-refractivity contribution in [2.45, 2.75) is 38.8 Å². The van der Waals surface area contributed by atoms with E-state index in [0.717, 1.165) is 73.5 Å². The number of hydrogen-bond donors (Lipinski definition) is 2. The highest BCUT2D eigenvalue weighted by Gasteiger charge is 2.34. The lowest BCUT2D eigenvalue weighted by atomic mass is 9.97. The van der Waals surface area contributed by atoms with Crippen LogP contribution in [0.25, 0.3) is 10.9 Å². The first-order chi connectivity index (χ1) is 21.6. The Balaban J connectivity index is 1.19. The third kappa shape index (κ3) is 6.79. The molecule has 11 nitrogen and oxygen atoms in total. The Kier molecular flexibility index (Phi) is 9.29. The molecule has 0 saturated carbocycles. The SMILES string of the molecule is CCOC1CN(C2CCN(c3cc(OC)c(Nc4ncc(Br)c(Nc5ccc6ncncc6c5P(C)(C)=O)n4)cc3C)CC2)C1. The summed E-state index contributed by atoms with van der Waals surface area (Å²) in [4.78, 5) is 22.8. The fourth-order valence-electron chi connectivity index (χ4n) is 6.35. The van der Waals surface area contributed by atoms with E-state index in [2.05, 4.69) is 77.3 Å². The fraction of sp³-hybridized carbons (Fsp3) is 0.438. The minimum absolute atomic E-state index is 0.397. The summed E-state index contributed by atoms with van der Waals surface area (Å²) in [5.41, 5.74) is 4.53. The number of fused-ring (bicyclic) bond motifs is 1. The highest BCUT2D eigenvalue weighted by molar-refractivity contribution is 9.10. The number of ether oxygens (including phenoxy) is 2. The molecule has 2 aliphatic heterocycles. The maximum Gasteiger partial charge on any atom is 0.229 e. The van der Waals surface area contributed by atoms with Crippen LogP contribution >= 0.6 is 23.1 Å². The molecule has 6 rings (SSSR count). The second-order valence-corrected chi connectivity index (χ2v) is 16.0. The molecule has 0 amide bonds. The number of hydrogen-bond acceptors (Lipinski definition) is 11. The van der Waals surface area contributed by atoms with Crippen molar-refractivity contribution in [1.29, 1.82) is 0 Å². The molecule has 4 heterocycles. The van der Waals surface area contributed by atoms with Crippen molar-refractivity contribution in [3.05, 3.63) is 53.0 Å². The molecule has 0 bridgehead atoms. The molecular formula is C32H40BrN8O3P. The van der Waals surface area contributed by atoms with E-state index in [1.54, 1.807) is 32.8 Å². The van der Waals surface area contributed by atoms with Crippen molar-refractivity contribution in [1.82, 2.24) is 24.8 Å². The second-order valence-electron chi connectivity index (χ2n) is 12.0. The summed E-state index contributed by atoms with van der Waals surface area (Å²) in [7, 11) is -1.03. The predicted octanol–water partition coefficient (Wildman–Crippen LogP) is 5.92. The third-order valence-corrected chi connectivity index (χ3v) is 10.7. The lowest BCUT2D eigenvalue weighted by Gasteiger charge is -2.47. The first-order valence-corrected chi connectivity index (χ1v) is 18.7. The zero-order valence-electron chi connectivity index (χ0n) is 26.4. The van der Waals surface area contributed by atoms with Gasteiger partial charge in [0.15, 0.2) is 0 Å². The lowest BCUT2D eigenvalue weighted by Crippen LogP contribution is -2.58. The molecule has 2 saturated heterocycles. The summed E-state index contributed by atoms with van der Waals surface area (Å²) >= 11 is 3.57. The van der Waals surface area contributed by atoms with Gasteiger partial charge < -0.3 is 29.6 Å². The Hall–Kier alpha value is -3.31. The van der Waals surface area contributed by atoms with Gasteiger partial charge in [0, 0.05) is 73.7 Å². The van der Waals surface area contributed by atoms with Crippen LogP contribution in [0.15, 0.2) is 47.5 Å². The maximum absolute atomic E-state index is 13.4. The molecule has 0 atom stereocenters. The van der Waals surface area contributed by atoms with E-state index in [1.807, 2.05) is 12.1 Å². The van der Waals surface area contributed by atoms with Crippen molar-refractivity contribution < 1.29 is 14.0 Å². The van der Waals surface area contributed by atoms with Gasteiger partial charge in [-0.25, -0.2) is 15.0 Å². The summed E-state index contributed by atoms with van der Waals surface area (Å²) in [6, 6.07) is 8.58. The Morgan fingerprint density at radius 2 is 1.84 bits per heavy atom. The van der Waals surface area contributed by atoms with Crippen LogP contribution in [-0.2, 0) is 9.30 Å². The van der Waals surface area contributed by atoms with Gasteiger partial charge in [-0.05, 0) is 79.7 Å². The van der Waals surface area contributed by atoms with Gasteiger partial charge >= 0.3 is 0 Å². The molecule has 2 fully saturated rings. The summed E-state index contributed by atoms with van der Waals surface area (Å²) < 4.78 is 25.7. The number of aromatic nitrogens is 4. The molecule has 238 valence electrons. The molecule has 2 aliphatic rings. The highest BCUT2D eigenvalue weighted by Crippen LogP contribution is 2.42. The molecular weight excluding hydrogens is 655 g/mol. The molecule has 2 N–H and O–H groups in total. The van der Waals surface area contributed by atoms with E-state index in [-0.39, 0.29) is 0 Å². The van der Waals surface area contributed by atoms with Crippen LogP contribution in [0.1, 0.15) is 25.3 Å². The second kappa shape index (κ2) is 13.2. The normalized spacial score (nSPS) is 16.5. The minimum atomic E-state index is -2.71. The lowest BCUT2D eigenvalue weighted by molar-refractivity contribution is -0.0712. The Labute approximate surface area is 272 Å². The quantitative estimate of drug-likeness (QED) is 0.193. The number of rotatable bonds is 10. The number of anilines is 5. The van der Waals surface area contributed by atoms with Crippen LogP contribution in [-0.4, -0.2) is 90.2 Å². The summed E-state index contributed by atoms with van der Waals surface area (Å²) in [6.45, 7) is 12.6. The maximum atomic E-state index is 13.4. The minimum Gasteiger partial charge on any atom is -0.494 e. The van der Waals surface area contributed by atoms with Crippen molar-refractivity contribution >= 4 is 68.1 Å². The Morgan fingerprint density at radius 3 is 2.56 bits per heavy atom. The first kappa shape index (κ1) is 31.7. The van der Waals surface area contributed by atoms with E-state index in [0.29, 0.717) is 39.4 Å². The van der Waals surface area contributed by atoms with Crippen molar-refractivity contribution in [3.63, 3.8) is 0 Å². The number of piperidine rings is 1. The summed E-state index contributed by atoms with van der Waals surface area (Å²) in [6.07, 6.45) is 7.56. The molecule has 2 aromatic heterocycles.